The van der Waals surface area contributed by atoms with Crippen LogP contribution in [-0.2, 0) is 6.42 Å². The van der Waals surface area contributed by atoms with E-state index in [1.165, 1.54) is 16.2 Å². The first-order valence-corrected chi connectivity index (χ1v) is 11.3. The number of carbonyl (C=O) groups is 1. The third-order valence-corrected chi connectivity index (χ3v) is 6.39. The number of anilines is 2. The number of rotatable bonds is 3. The number of carbonyl (C=O) groups excluding carboxylic acids is 1. The Bertz CT molecular complexity index is 1210. The summed E-state index contributed by atoms with van der Waals surface area (Å²) in [5, 5.41) is 0.659. The van der Waals surface area contributed by atoms with E-state index in [0.29, 0.717) is 46.5 Å². The van der Waals surface area contributed by atoms with Crippen molar-refractivity contribution in [1.29, 1.82) is 0 Å². The van der Waals surface area contributed by atoms with Crippen LogP contribution in [0.4, 0.5) is 11.5 Å². The van der Waals surface area contributed by atoms with Crippen molar-refractivity contribution < 1.29 is 4.79 Å². The normalized spacial score (nSPS) is 18.5. The number of nitrogens with zero attached hydrogens (tertiary/aromatic N) is 6. The highest BCUT2D eigenvalue weighted by molar-refractivity contribution is 7.98. The van der Waals surface area contributed by atoms with E-state index in [-0.39, 0.29) is 17.5 Å². The van der Waals surface area contributed by atoms with Crippen molar-refractivity contribution in [1.82, 2.24) is 19.4 Å². The van der Waals surface area contributed by atoms with Gasteiger partial charge in [0.2, 0.25) is 0 Å². The molecule has 1 fully saturated rings. The second-order valence-electron chi connectivity index (χ2n) is 7.53. The Kier molecular flexibility index (Phi) is 4.69. The molecule has 9 heteroatoms. The van der Waals surface area contributed by atoms with Gasteiger partial charge in [0.15, 0.2) is 10.8 Å². The predicted molar refractivity (Wildman–Crippen MR) is 117 cm³/mol. The van der Waals surface area contributed by atoms with Gasteiger partial charge in [-0.1, -0.05) is 18.7 Å². The molecule has 3 aromatic rings. The van der Waals surface area contributed by atoms with Gasteiger partial charge in [-0.2, -0.15) is 0 Å². The van der Waals surface area contributed by atoms with Gasteiger partial charge < -0.3 is 9.80 Å². The third kappa shape index (κ3) is 2.96. The van der Waals surface area contributed by atoms with E-state index in [1.807, 2.05) is 19.2 Å². The predicted octanol–water partition coefficient (Wildman–Crippen LogP) is 2.40. The number of thioether (sulfide) groups is 1. The fourth-order valence-electron chi connectivity index (χ4n) is 4.33. The van der Waals surface area contributed by atoms with Gasteiger partial charge in [0.1, 0.15) is 11.4 Å². The van der Waals surface area contributed by atoms with Gasteiger partial charge in [0, 0.05) is 43.3 Å². The molecule has 0 unspecified atom stereocenters. The molecule has 1 atom stereocenters. The van der Waals surface area contributed by atoms with Crippen LogP contribution < -0.4 is 15.4 Å². The molecule has 30 heavy (non-hydrogen) atoms. The summed E-state index contributed by atoms with van der Waals surface area (Å²) in [7, 11) is 0. The van der Waals surface area contributed by atoms with Gasteiger partial charge in [0.05, 0.1) is 5.69 Å². The number of fused-ring (bicyclic) bond motifs is 4. The van der Waals surface area contributed by atoms with Crippen LogP contribution in [-0.4, -0.2) is 50.6 Å². The zero-order valence-corrected chi connectivity index (χ0v) is 17.7. The maximum atomic E-state index is 13.6. The van der Waals surface area contributed by atoms with Gasteiger partial charge >= 0.3 is 0 Å². The molecule has 1 saturated heterocycles. The standard InChI is InChI=1S/C21H22N6O2S/c1-3-13-10-17(28)26-9-5-7-16(19(26)23-13)27-12-14-6-4-8-25(14)18-15(20(27)29)11-22-21(24-18)30-2/h5,7,9-11,14H,3-4,6,8,12H2,1-2H3/t14-/m0/s1. The van der Waals surface area contributed by atoms with Gasteiger partial charge in [0.25, 0.3) is 11.5 Å². The van der Waals surface area contributed by atoms with Crippen LogP contribution in [0.1, 0.15) is 35.8 Å². The number of hydrogen-bond acceptors (Lipinski definition) is 7. The number of pyridine rings is 1. The minimum Gasteiger partial charge on any atom is -0.351 e. The number of aryl methyl sites for hydroxylation is 1. The smallest absolute Gasteiger partial charge is 0.263 e. The highest BCUT2D eigenvalue weighted by Gasteiger charge is 2.38. The highest BCUT2D eigenvalue weighted by atomic mass is 32.2. The van der Waals surface area contributed by atoms with Crippen molar-refractivity contribution in [2.45, 2.75) is 37.4 Å². The summed E-state index contributed by atoms with van der Waals surface area (Å²) in [5.74, 6) is 0.556. The molecule has 8 nitrogen and oxygen atoms in total. The Morgan fingerprint density at radius 3 is 2.93 bits per heavy atom. The molecule has 0 aliphatic carbocycles. The van der Waals surface area contributed by atoms with E-state index in [2.05, 4.69) is 19.9 Å². The van der Waals surface area contributed by atoms with Crippen LogP contribution in [0.25, 0.3) is 5.65 Å². The molecule has 2 aliphatic rings. The Labute approximate surface area is 178 Å². The van der Waals surface area contributed by atoms with E-state index < -0.39 is 0 Å². The van der Waals surface area contributed by atoms with Crippen molar-refractivity contribution in [2.24, 2.45) is 0 Å². The van der Waals surface area contributed by atoms with Crippen LogP contribution in [0, 0.1) is 0 Å². The molecule has 154 valence electrons. The van der Waals surface area contributed by atoms with Crippen LogP contribution in [0.15, 0.2) is 40.5 Å². The zero-order valence-electron chi connectivity index (χ0n) is 16.9. The molecule has 5 heterocycles. The van der Waals surface area contributed by atoms with Gasteiger partial charge in [-0.15, -0.1) is 0 Å². The van der Waals surface area contributed by atoms with E-state index in [1.54, 1.807) is 29.4 Å². The summed E-state index contributed by atoms with van der Waals surface area (Å²) in [6, 6.07) is 5.37. The summed E-state index contributed by atoms with van der Waals surface area (Å²) in [4.78, 5) is 43.9. The molecule has 3 aromatic heterocycles. The summed E-state index contributed by atoms with van der Waals surface area (Å²) < 4.78 is 1.51. The molecular formula is C21H22N6O2S. The number of amides is 1. The van der Waals surface area contributed by atoms with Gasteiger partial charge in [-0.05, 0) is 37.7 Å². The lowest BCUT2D eigenvalue weighted by Gasteiger charge is -2.27. The molecule has 0 spiro atoms. The summed E-state index contributed by atoms with van der Waals surface area (Å²) in [5.41, 5.74) is 2.21. The fraction of sp³-hybridized carbons (Fsp3) is 0.381. The minimum atomic E-state index is -0.156. The van der Waals surface area contributed by atoms with E-state index in [9.17, 15) is 9.59 Å². The summed E-state index contributed by atoms with van der Waals surface area (Å²) >= 11 is 1.47. The molecule has 2 aliphatic heterocycles. The fourth-order valence-corrected chi connectivity index (χ4v) is 4.66. The van der Waals surface area contributed by atoms with Crippen molar-refractivity contribution in [3.05, 3.63) is 52.2 Å². The Balaban J connectivity index is 1.71. The molecule has 0 saturated carbocycles. The van der Waals surface area contributed by atoms with Crippen LogP contribution in [0.2, 0.25) is 0 Å². The van der Waals surface area contributed by atoms with E-state index in [4.69, 9.17) is 0 Å². The first kappa shape index (κ1) is 19.0. The first-order valence-electron chi connectivity index (χ1n) is 10.1. The lowest BCUT2D eigenvalue weighted by atomic mass is 10.2. The minimum absolute atomic E-state index is 0.142. The molecule has 1 amide bonds. The zero-order chi connectivity index (χ0) is 20.8. The second kappa shape index (κ2) is 7.39. The lowest BCUT2D eigenvalue weighted by Crippen LogP contribution is -2.40. The third-order valence-electron chi connectivity index (χ3n) is 5.82. The number of hydrogen-bond donors (Lipinski definition) is 0. The molecule has 0 bridgehead atoms. The van der Waals surface area contributed by atoms with Crippen molar-refractivity contribution in [2.75, 3.05) is 29.1 Å². The van der Waals surface area contributed by atoms with E-state index >= 15 is 0 Å². The Morgan fingerprint density at radius 1 is 1.27 bits per heavy atom. The van der Waals surface area contributed by atoms with E-state index in [0.717, 1.165) is 19.4 Å². The van der Waals surface area contributed by atoms with Crippen LogP contribution in [0.5, 0.6) is 0 Å². The summed E-state index contributed by atoms with van der Waals surface area (Å²) in [6.45, 7) is 3.36. The van der Waals surface area contributed by atoms with Crippen LogP contribution >= 0.6 is 11.8 Å². The number of aromatic nitrogens is 4. The van der Waals surface area contributed by atoms with Crippen molar-refractivity contribution in [3.63, 3.8) is 0 Å². The SMILES string of the molecule is CCc1cc(=O)n2cccc(N3C[C@@H]4CCCN4c4nc(SC)ncc4C3=O)c2n1. The average Bonchev–Trinajstić information content (AvgIpc) is 3.20. The largest absolute Gasteiger partial charge is 0.351 e. The molecule has 5 rings (SSSR count). The highest BCUT2D eigenvalue weighted by Crippen LogP contribution is 2.35. The van der Waals surface area contributed by atoms with Gasteiger partial charge in [-0.25, -0.2) is 15.0 Å². The Morgan fingerprint density at radius 2 is 2.13 bits per heavy atom. The second-order valence-corrected chi connectivity index (χ2v) is 8.30. The average molecular weight is 423 g/mol. The van der Waals surface area contributed by atoms with Gasteiger partial charge in [-0.3, -0.25) is 14.0 Å². The monoisotopic (exact) mass is 422 g/mol. The lowest BCUT2D eigenvalue weighted by molar-refractivity contribution is 0.0988. The summed E-state index contributed by atoms with van der Waals surface area (Å²) in [6.07, 6.45) is 7.95. The van der Waals surface area contributed by atoms with Crippen molar-refractivity contribution >= 4 is 34.8 Å². The van der Waals surface area contributed by atoms with Crippen LogP contribution in [0.3, 0.4) is 0 Å². The molecule has 0 N–H and O–H groups in total. The molecule has 0 aromatic carbocycles. The first-order chi connectivity index (χ1) is 14.6. The maximum absolute atomic E-state index is 13.6. The maximum Gasteiger partial charge on any atom is 0.263 e. The van der Waals surface area contributed by atoms with Crippen molar-refractivity contribution in [3.8, 4) is 0 Å². The molecule has 0 radical (unpaired) electrons. The topological polar surface area (TPSA) is 83.7 Å². The Hall–Kier alpha value is -2.94. The quantitative estimate of drug-likeness (QED) is 0.473. The molecular weight excluding hydrogens is 400 g/mol.